The number of fused-ring (bicyclic) bond motifs is 1. The van der Waals surface area contributed by atoms with Crippen molar-refractivity contribution in [2.45, 2.75) is 32.9 Å². The highest BCUT2D eigenvalue weighted by molar-refractivity contribution is 5.97. The Balaban J connectivity index is 1.53. The number of carbonyl (C=O) groups is 2. The van der Waals surface area contributed by atoms with E-state index in [1.165, 1.54) is 0 Å². The minimum atomic E-state index is -0.593. The zero-order valence-corrected chi connectivity index (χ0v) is 16.0. The van der Waals surface area contributed by atoms with Gasteiger partial charge in [0.1, 0.15) is 24.0 Å². The van der Waals surface area contributed by atoms with E-state index in [0.29, 0.717) is 24.5 Å². The smallest absolute Gasteiger partial charge is 0.251 e. The fourth-order valence-corrected chi connectivity index (χ4v) is 2.66. The van der Waals surface area contributed by atoms with Crippen LogP contribution in [0.25, 0.3) is 5.65 Å². The zero-order chi connectivity index (χ0) is 19.9. The molecule has 0 aliphatic rings. The highest BCUT2D eigenvalue weighted by Gasteiger charge is 2.16. The first-order chi connectivity index (χ1) is 13.6. The standard InChI is InChI=1S/C21H24N4O3/c1-3-11-22-20(26)15(2)23-21(27)16-7-9-18(10-8-16)28-14-17-13-25-12-5-4-6-19(25)24-17/h4-10,12-13,15H,3,11,14H2,1-2H3,(H,22,26)(H,23,27)/t15-/m1/s1. The monoisotopic (exact) mass is 380 g/mol. The van der Waals surface area contributed by atoms with Crippen LogP contribution in [0.2, 0.25) is 0 Å². The van der Waals surface area contributed by atoms with Gasteiger partial charge >= 0.3 is 0 Å². The van der Waals surface area contributed by atoms with Gasteiger partial charge in [-0.05, 0) is 49.7 Å². The molecule has 3 aromatic rings. The zero-order valence-electron chi connectivity index (χ0n) is 16.0. The van der Waals surface area contributed by atoms with Crippen molar-refractivity contribution in [2.75, 3.05) is 6.54 Å². The van der Waals surface area contributed by atoms with Crippen LogP contribution in [0.3, 0.4) is 0 Å². The number of imidazole rings is 1. The fraction of sp³-hybridized carbons (Fsp3) is 0.286. The maximum atomic E-state index is 12.3. The number of amides is 2. The van der Waals surface area contributed by atoms with Crippen molar-refractivity contribution in [2.24, 2.45) is 0 Å². The van der Waals surface area contributed by atoms with Crippen LogP contribution in [-0.2, 0) is 11.4 Å². The average molecular weight is 380 g/mol. The molecule has 2 aromatic heterocycles. The van der Waals surface area contributed by atoms with E-state index in [1.54, 1.807) is 31.2 Å². The fourth-order valence-electron chi connectivity index (χ4n) is 2.66. The molecule has 7 heteroatoms. The van der Waals surface area contributed by atoms with Crippen LogP contribution in [0.5, 0.6) is 5.75 Å². The van der Waals surface area contributed by atoms with Gasteiger partial charge in [0.15, 0.2) is 0 Å². The minimum absolute atomic E-state index is 0.192. The van der Waals surface area contributed by atoms with Gasteiger partial charge in [0.05, 0.1) is 5.69 Å². The molecule has 0 radical (unpaired) electrons. The van der Waals surface area contributed by atoms with Crippen molar-refractivity contribution >= 4 is 17.5 Å². The summed E-state index contributed by atoms with van der Waals surface area (Å²) >= 11 is 0. The molecule has 0 unspecified atom stereocenters. The molecule has 0 aliphatic carbocycles. The highest BCUT2D eigenvalue weighted by atomic mass is 16.5. The Morgan fingerprint density at radius 1 is 1.18 bits per heavy atom. The Hall–Kier alpha value is -3.35. The summed E-state index contributed by atoms with van der Waals surface area (Å²) in [7, 11) is 0. The molecule has 2 amide bonds. The van der Waals surface area contributed by atoms with E-state index in [1.807, 2.05) is 41.9 Å². The maximum absolute atomic E-state index is 12.3. The van der Waals surface area contributed by atoms with Gasteiger partial charge in [-0.3, -0.25) is 9.59 Å². The number of carbonyl (C=O) groups excluding carboxylic acids is 2. The molecule has 0 bridgehead atoms. The molecule has 2 N–H and O–H groups in total. The minimum Gasteiger partial charge on any atom is -0.487 e. The molecule has 7 nitrogen and oxygen atoms in total. The summed E-state index contributed by atoms with van der Waals surface area (Å²) in [6, 6.07) is 12.0. The van der Waals surface area contributed by atoms with Gasteiger partial charge in [-0.25, -0.2) is 4.98 Å². The lowest BCUT2D eigenvalue weighted by molar-refractivity contribution is -0.122. The van der Waals surface area contributed by atoms with Gasteiger partial charge in [0, 0.05) is 24.5 Å². The van der Waals surface area contributed by atoms with Gasteiger partial charge in [-0.2, -0.15) is 0 Å². The number of nitrogens with one attached hydrogen (secondary N) is 2. The molecule has 1 aromatic carbocycles. The van der Waals surface area contributed by atoms with Crippen molar-refractivity contribution in [1.82, 2.24) is 20.0 Å². The predicted molar refractivity (Wildman–Crippen MR) is 106 cm³/mol. The number of hydrogen-bond acceptors (Lipinski definition) is 4. The van der Waals surface area contributed by atoms with E-state index in [0.717, 1.165) is 17.8 Å². The van der Waals surface area contributed by atoms with E-state index in [-0.39, 0.29) is 11.8 Å². The Morgan fingerprint density at radius 3 is 2.68 bits per heavy atom. The second-order valence-electron chi connectivity index (χ2n) is 6.50. The Morgan fingerprint density at radius 2 is 1.96 bits per heavy atom. The van der Waals surface area contributed by atoms with E-state index in [2.05, 4.69) is 15.6 Å². The molecule has 2 heterocycles. The van der Waals surface area contributed by atoms with Gasteiger partial charge in [-0.15, -0.1) is 0 Å². The molecule has 146 valence electrons. The number of ether oxygens (including phenoxy) is 1. The van der Waals surface area contributed by atoms with Crippen LogP contribution in [0.1, 0.15) is 36.3 Å². The number of hydrogen-bond donors (Lipinski definition) is 2. The molecule has 3 rings (SSSR count). The van der Waals surface area contributed by atoms with Crippen molar-refractivity contribution < 1.29 is 14.3 Å². The first-order valence-corrected chi connectivity index (χ1v) is 9.31. The Kier molecular flexibility index (Phi) is 6.26. The number of rotatable bonds is 8. The second-order valence-corrected chi connectivity index (χ2v) is 6.50. The van der Waals surface area contributed by atoms with Crippen LogP contribution >= 0.6 is 0 Å². The Labute approximate surface area is 163 Å². The molecule has 0 spiro atoms. The summed E-state index contributed by atoms with van der Waals surface area (Å²) in [4.78, 5) is 28.6. The number of nitrogens with zero attached hydrogens (tertiary/aromatic N) is 2. The lowest BCUT2D eigenvalue weighted by atomic mass is 10.2. The number of aromatic nitrogens is 2. The quantitative estimate of drug-likeness (QED) is 0.629. The van der Waals surface area contributed by atoms with Gasteiger partial charge in [-0.1, -0.05) is 13.0 Å². The SMILES string of the molecule is CCCNC(=O)[C@@H](C)NC(=O)c1ccc(OCc2cn3ccccc3n2)cc1. The summed E-state index contributed by atoms with van der Waals surface area (Å²) in [6.45, 7) is 4.57. The summed E-state index contributed by atoms with van der Waals surface area (Å²) in [6.07, 6.45) is 4.70. The average Bonchev–Trinajstić information content (AvgIpc) is 3.13. The predicted octanol–water partition coefficient (Wildman–Crippen LogP) is 2.56. The topological polar surface area (TPSA) is 84.7 Å². The molecule has 0 fully saturated rings. The second kappa shape index (κ2) is 9.03. The summed E-state index contributed by atoms with van der Waals surface area (Å²) in [5, 5.41) is 5.45. The third-order valence-corrected chi connectivity index (χ3v) is 4.21. The van der Waals surface area contributed by atoms with Gasteiger partial charge < -0.3 is 19.8 Å². The molecule has 0 saturated heterocycles. The molecule has 0 saturated carbocycles. The molecular formula is C21H24N4O3. The van der Waals surface area contributed by atoms with E-state index in [9.17, 15) is 9.59 Å². The lowest BCUT2D eigenvalue weighted by Gasteiger charge is -2.14. The van der Waals surface area contributed by atoms with E-state index < -0.39 is 6.04 Å². The van der Waals surface area contributed by atoms with Crippen LogP contribution in [0, 0.1) is 0 Å². The van der Waals surface area contributed by atoms with Gasteiger partial charge in [0.25, 0.3) is 5.91 Å². The third kappa shape index (κ3) is 4.88. The summed E-state index contributed by atoms with van der Waals surface area (Å²) in [5.41, 5.74) is 2.15. The normalized spacial score (nSPS) is 11.8. The molecule has 1 atom stereocenters. The van der Waals surface area contributed by atoms with Crippen molar-refractivity contribution in [1.29, 1.82) is 0 Å². The molecular weight excluding hydrogens is 356 g/mol. The Bertz CT molecular complexity index is 917. The van der Waals surface area contributed by atoms with Gasteiger partial charge in [0.2, 0.25) is 5.91 Å². The van der Waals surface area contributed by atoms with Crippen molar-refractivity contribution in [3.8, 4) is 5.75 Å². The van der Waals surface area contributed by atoms with Crippen LogP contribution in [0.15, 0.2) is 54.9 Å². The number of pyridine rings is 1. The highest BCUT2D eigenvalue weighted by Crippen LogP contribution is 2.15. The molecule has 28 heavy (non-hydrogen) atoms. The van der Waals surface area contributed by atoms with E-state index in [4.69, 9.17) is 4.74 Å². The largest absolute Gasteiger partial charge is 0.487 e. The van der Waals surface area contributed by atoms with Crippen LogP contribution in [0.4, 0.5) is 0 Å². The number of benzene rings is 1. The van der Waals surface area contributed by atoms with Crippen LogP contribution < -0.4 is 15.4 Å². The first-order valence-electron chi connectivity index (χ1n) is 9.31. The molecule has 0 aliphatic heterocycles. The third-order valence-electron chi connectivity index (χ3n) is 4.21. The first kappa shape index (κ1) is 19.4. The van der Waals surface area contributed by atoms with Crippen LogP contribution in [-0.4, -0.2) is 33.8 Å². The lowest BCUT2D eigenvalue weighted by Crippen LogP contribution is -2.44. The van der Waals surface area contributed by atoms with Crippen molar-refractivity contribution in [3.05, 3.63) is 66.1 Å². The van der Waals surface area contributed by atoms with Crippen molar-refractivity contribution in [3.63, 3.8) is 0 Å². The summed E-state index contributed by atoms with van der Waals surface area (Å²) < 4.78 is 7.68. The van der Waals surface area contributed by atoms with E-state index >= 15 is 0 Å². The summed E-state index contributed by atoms with van der Waals surface area (Å²) in [5.74, 6) is 0.149. The maximum Gasteiger partial charge on any atom is 0.251 e.